The Morgan fingerprint density at radius 3 is 2.03 bits per heavy atom. The van der Waals surface area contributed by atoms with Crippen LogP contribution in [0.15, 0.2) is 62.2 Å². The minimum absolute atomic E-state index is 0.201. The third kappa shape index (κ3) is 12.2. The van der Waals surface area contributed by atoms with Crippen LogP contribution in [0.1, 0.15) is 24.0 Å². The lowest BCUT2D eigenvalue weighted by atomic mass is 10.3. The Kier molecular flexibility index (Phi) is 11.1. The van der Waals surface area contributed by atoms with Crippen LogP contribution in [-0.2, 0) is 31.0 Å². The van der Waals surface area contributed by atoms with Crippen molar-refractivity contribution in [1.29, 1.82) is 0 Å². The van der Waals surface area contributed by atoms with E-state index < -0.39 is 20.2 Å². The van der Waals surface area contributed by atoms with Crippen molar-refractivity contribution in [2.24, 2.45) is 0 Å². The molecule has 0 aliphatic carbocycles. The molecule has 2 aromatic heterocycles. The lowest BCUT2D eigenvalue weighted by molar-refractivity contribution is -0.696. The topological polar surface area (TPSA) is 117 Å². The quantitative estimate of drug-likeness (QED) is 0.372. The zero-order valence-corrected chi connectivity index (χ0v) is 18.2. The van der Waals surface area contributed by atoms with Gasteiger partial charge in [-0.1, -0.05) is 25.3 Å². The summed E-state index contributed by atoms with van der Waals surface area (Å²) in [7, 11) is -7.13. The number of rotatable bonds is 6. The van der Waals surface area contributed by atoms with Gasteiger partial charge >= 0.3 is 0 Å². The molecule has 0 amide bonds. The van der Waals surface area contributed by atoms with Crippen LogP contribution in [0.3, 0.4) is 0 Å². The molecule has 0 N–H and O–H groups in total. The van der Waals surface area contributed by atoms with Crippen LogP contribution < -0.4 is 4.57 Å². The van der Waals surface area contributed by atoms with Crippen LogP contribution in [-0.4, -0.2) is 44.5 Å². The molecule has 0 saturated carbocycles. The van der Waals surface area contributed by atoms with Gasteiger partial charge in [0.1, 0.15) is 6.54 Å². The van der Waals surface area contributed by atoms with Crippen molar-refractivity contribution in [3.8, 4) is 0 Å². The molecule has 2 aromatic rings. The van der Waals surface area contributed by atoms with Crippen molar-refractivity contribution in [3.05, 3.63) is 73.3 Å². The first kappa shape index (κ1) is 25.6. The molecule has 30 heavy (non-hydrogen) atoms. The Hall–Kier alpha value is -2.40. The van der Waals surface area contributed by atoms with Gasteiger partial charge in [0.25, 0.3) is 10.1 Å². The average molecular weight is 455 g/mol. The molecule has 8 nitrogen and oxygen atoms in total. The van der Waals surface area contributed by atoms with Gasteiger partial charge in [0.2, 0.25) is 0 Å². The molecule has 1 aliphatic heterocycles. The lowest BCUT2D eigenvalue weighted by Crippen LogP contribution is -2.33. The summed E-state index contributed by atoms with van der Waals surface area (Å²) in [5.41, 5.74) is 2.11. The highest BCUT2D eigenvalue weighted by Crippen LogP contribution is 2.04. The molecule has 0 aromatic carbocycles. The summed E-state index contributed by atoms with van der Waals surface area (Å²) in [6.45, 7) is 8.13. The predicted molar refractivity (Wildman–Crippen MR) is 115 cm³/mol. The van der Waals surface area contributed by atoms with E-state index in [0.29, 0.717) is 26.0 Å². The van der Waals surface area contributed by atoms with E-state index in [4.69, 9.17) is 0 Å². The Balaban J connectivity index is 0.000000250. The molecule has 3 heterocycles. The maximum absolute atomic E-state index is 10.3. The van der Waals surface area contributed by atoms with E-state index in [2.05, 4.69) is 22.3 Å². The molecule has 1 saturated heterocycles. The van der Waals surface area contributed by atoms with Crippen LogP contribution in [0, 0.1) is 0 Å². The molecule has 0 bridgehead atoms. The molecule has 164 valence electrons. The maximum Gasteiger partial charge on any atom is 0.267 e. The van der Waals surface area contributed by atoms with Gasteiger partial charge in [0, 0.05) is 36.7 Å². The van der Waals surface area contributed by atoms with E-state index in [1.807, 2.05) is 41.2 Å². The van der Waals surface area contributed by atoms with Crippen molar-refractivity contribution in [2.75, 3.05) is 18.1 Å². The van der Waals surface area contributed by atoms with Gasteiger partial charge in [-0.25, -0.2) is 13.0 Å². The third-order valence-electron chi connectivity index (χ3n) is 3.71. The second kappa shape index (κ2) is 13.0. The lowest BCUT2D eigenvalue weighted by Gasteiger charge is -2.03. The molecule has 0 radical (unpaired) electrons. The van der Waals surface area contributed by atoms with E-state index in [1.54, 1.807) is 24.5 Å². The fourth-order valence-electron chi connectivity index (χ4n) is 2.16. The van der Waals surface area contributed by atoms with Crippen LogP contribution >= 0.6 is 0 Å². The first-order valence-corrected chi connectivity index (χ1v) is 12.3. The van der Waals surface area contributed by atoms with Gasteiger partial charge in [-0.05, 0) is 29.7 Å². The predicted octanol–water partition coefficient (Wildman–Crippen LogP) is 2.01. The van der Waals surface area contributed by atoms with Crippen LogP contribution in [0.5, 0.6) is 0 Å². The Labute approximate surface area is 178 Å². The largest absolute Gasteiger partial charge is 0.748 e. The first-order chi connectivity index (χ1) is 14.1. The molecule has 0 spiro atoms. The third-order valence-corrected chi connectivity index (χ3v) is 5.81. The van der Waals surface area contributed by atoms with Crippen molar-refractivity contribution < 1.29 is 30.1 Å². The monoisotopic (exact) mass is 454 g/mol. The number of pyridine rings is 2. The van der Waals surface area contributed by atoms with Crippen molar-refractivity contribution in [1.82, 2.24) is 4.98 Å². The van der Waals surface area contributed by atoms with Crippen molar-refractivity contribution >= 4 is 32.4 Å². The highest BCUT2D eigenvalue weighted by Gasteiger charge is 2.16. The molecular formula is C20H26N2O6S2. The van der Waals surface area contributed by atoms with Gasteiger partial charge in [0.05, 0.1) is 22.5 Å². The average Bonchev–Trinajstić information content (AvgIpc) is 3.13. The maximum atomic E-state index is 10.3. The standard InChI is InChI=1S/C10H13NO3S.C7H7N.C3H6O3S/c1-2-10-4-7-11(8-5-10)6-3-9-15(12,13)14;1-2-7-3-5-8-6-4-7;4-7(5)3-1-2-6-7/h2,4-5,7-8H,1,3,6,9H2;2-6H,1H2;1-3H2. The SMILES string of the molecule is C=Cc1cc[n+](CCCS(=O)(=O)[O-])cc1.C=Cc1ccncc1.O=S1(=O)CCCO1. The van der Waals surface area contributed by atoms with E-state index in [1.165, 1.54) is 0 Å². The van der Waals surface area contributed by atoms with Crippen LogP contribution in [0.4, 0.5) is 0 Å². The van der Waals surface area contributed by atoms with E-state index in [-0.39, 0.29) is 11.5 Å². The second-order valence-corrected chi connectivity index (χ2v) is 9.39. The number of aryl methyl sites for hydroxylation is 1. The molecule has 10 heteroatoms. The summed E-state index contributed by atoms with van der Waals surface area (Å²) in [5, 5.41) is 0. The van der Waals surface area contributed by atoms with E-state index >= 15 is 0 Å². The van der Waals surface area contributed by atoms with E-state index in [9.17, 15) is 21.4 Å². The molecule has 0 unspecified atom stereocenters. The van der Waals surface area contributed by atoms with Crippen molar-refractivity contribution in [3.63, 3.8) is 0 Å². The number of aromatic nitrogens is 2. The van der Waals surface area contributed by atoms with Gasteiger partial charge in [-0.2, -0.15) is 8.42 Å². The molecular weight excluding hydrogens is 428 g/mol. The highest BCUT2D eigenvalue weighted by molar-refractivity contribution is 7.86. The van der Waals surface area contributed by atoms with Gasteiger partial charge in [-0.3, -0.25) is 9.17 Å². The molecule has 0 atom stereocenters. The summed E-state index contributed by atoms with van der Waals surface area (Å²) in [6.07, 6.45) is 11.7. The molecule has 1 aliphatic rings. The summed E-state index contributed by atoms with van der Waals surface area (Å²) >= 11 is 0. The number of nitrogens with zero attached hydrogens (tertiary/aromatic N) is 2. The Bertz CT molecular complexity index is 977. The summed E-state index contributed by atoms with van der Waals surface area (Å²) in [6, 6.07) is 7.57. The number of hydrogen-bond acceptors (Lipinski definition) is 7. The van der Waals surface area contributed by atoms with E-state index in [0.717, 1.165) is 11.1 Å². The minimum Gasteiger partial charge on any atom is -0.748 e. The van der Waals surface area contributed by atoms with Gasteiger partial charge in [-0.15, -0.1) is 0 Å². The van der Waals surface area contributed by atoms with Gasteiger partial charge in [0.15, 0.2) is 12.4 Å². The summed E-state index contributed by atoms with van der Waals surface area (Å²) in [4.78, 5) is 3.85. The van der Waals surface area contributed by atoms with Crippen LogP contribution in [0.2, 0.25) is 0 Å². The first-order valence-electron chi connectivity index (χ1n) is 9.10. The summed E-state index contributed by atoms with van der Waals surface area (Å²) < 4.78 is 57.6. The van der Waals surface area contributed by atoms with Crippen LogP contribution in [0.25, 0.3) is 12.2 Å². The Morgan fingerprint density at radius 1 is 1.10 bits per heavy atom. The molecule has 1 fully saturated rings. The fourth-order valence-corrected chi connectivity index (χ4v) is 3.60. The zero-order valence-electron chi connectivity index (χ0n) is 16.6. The Morgan fingerprint density at radius 2 is 1.67 bits per heavy atom. The fraction of sp³-hybridized carbons (Fsp3) is 0.300. The normalized spacial score (nSPS) is 14.4. The zero-order chi connectivity index (χ0) is 22.5. The highest BCUT2D eigenvalue weighted by atomic mass is 32.2. The minimum atomic E-state index is -4.09. The van der Waals surface area contributed by atoms with Gasteiger partial charge < -0.3 is 4.55 Å². The summed E-state index contributed by atoms with van der Waals surface area (Å²) in [5.74, 6) is -0.115. The number of hydrogen-bond donors (Lipinski definition) is 0. The molecule has 3 rings (SSSR count). The smallest absolute Gasteiger partial charge is 0.267 e. The second-order valence-electron chi connectivity index (χ2n) is 6.11. The van der Waals surface area contributed by atoms with Crippen molar-refractivity contribution in [2.45, 2.75) is 19.4 Å².